The van der Waals surface area contributed by atoms with Crippen LogP contribution in [0.2, 0.25) is 0 Å². The van der Waals surface area contributed by atoms with Crippen molar-refractivity contribution in [1.82, 2.24) is 9.97 Å². The summed E-state index contributed by atoms with van der Waals surface area (Å²) in [5.74, 6) is 0.616. The largest absolute Gasteiger partial charge is 0.480 e. The Morgan fingerprint density at radius 1 is 1.47 bits per heavy atom. The quantitative estimate of drug-likeness (QED) is 0.800. The smallest absolute Gasteiger partial charge is 0.231 e. The summed E-state index contributed by atoms with van der Waals surface area (Å²) in [7, 11) is 1.62. The van der Waals surface area contributed by atoms with Gasteiger partial charge in [-0.2, -0.15) is 4.98 Å². The van der Waals surface area contributed by atoms with Crippen LogP contribution >= 0.6 is 27.7 Å². The van der Waals surface area contributed by atoms with Gasteiger partial charge in [0.2, 0.25) is 5.88 Å². The first-order valence-electron chi connectivity index (χ1n) is 5.03. The normalized spacial score (nSPS) is 16.9. The molecule has 0 aliphatic heterocycles. The van der Waals surface area contributed by atoms with E-state index < -0.39 is 0 Å². The highest BCUT2D eigenvalue weighted by Crippen LogP contribution is 2.34. The lowest BCUT2D eigenvalue weighted by molar-refractivity contribution is 0.389. The summed E-state index contributed by atoms with van der Waals surface area (Å²) in [6.45, 7) is 0. The van der Waals surface area contributed by atoms with Crippen molar-refractivity contribution < 1.29 is 4.74 Å². The molecule has 82 valence electrons. The van der Waals surface area contributed by atoms with Crippen LogP contribution in [0.15, 0.2) is 15.8 Å². The summed E-state index contributed by atoms with van der Waals surface area (Å²) in [6.07, 6.45) is 7.00. The summed E-state index contributed by atoms with van der Waals surface area (Å²) < 4.78 is 5.95. The third-order valence-electron chi connectivity index (χ3n) is 2.46. The van der Waals surface area contributed by atoms with Gasteiger partial charge in [0.25, 0.3) is 0 Å². The first-order chi connectivity index (χ1) is 7.29. The lowest BCUT2D eigenvalue weighted by atomic mass is 10.4. The van der Waals surface area contributed by atoms with Crippen molar-refractivity contribution in [1.29, 1.82) is 0 Å². The molecule has 1 saturated carbocycles. The van der Waals surface area contributed by atoms with Gasteiger partial charge in [-0.3, -0.25) is 0 Å². The van der Waals surface area contributed by atoms with Crippen molar-refractivity contribution in [3.8, 4) is 5.88 Å². The van der Waals surface area contributed by atoms with E-state index in [9.17, 15) is 0 Å². The zero-order valence-corrected chi connectivity index (χ0v) is 11.0. The minimum Gasteiger partial charge on any atom is -0.480 e. The van der Waals surface area contributed by atoms with E-state index in [0.29, 0.717) is 11.1 Å². The second-order valence-corrected chi connectivity index (χ2v) is 5.66. The van der Waals surface area contributed by atoms with E-state index in [2.05, 4.69) is 25.9 Å². The van der Waals surface area contributed by atoms with Crippen molar-refractivity contribution in [2.45, 2.75) is 36.1 Å². The molecular weight excluding hydrogens is 276 g/mol. The molecule has 0 amide bonds. The first kappa shape index (κ1) is 11.2. The first-order valence-corrected chi connectivity index (χ1v) is 6.70. The van der Waals surface area contributed by atoms with Gasteiger partial charge in [0.15, 0.2) is 5.16 Å². The summed E-state index contributed by atoms with van der Waals surface area (Å²) in [5.41, 5.74) is 0. The number of nitrogens with zero attached hydrogens (tertiary/aromatic N) is 2. The van der Waals surface area contributed by atoms with Gasteiger partial charge < -0.3 is 4.74 Å². The second-order valence-electron chi connectivity index (χ2n) is 3.53. The Hall–Kier alpha value is -0.290. The van der Waals surface area contributed by atoms with Crippen molar-refractivity contribution in [2.75, 3.05) is 7.11 Å². The topological polar surface area (TPSA) is 35.0 Å². The van der Waals surface area contributed by atoms with Gasteiger partial charge >= 0.3 is 0 Å². The fourth-order valence-electron chi connectivity index (χ4n) is 1.69. The van der Waals surface area contributed by atoms with Crippen molar-refractivity contribution in [2.24, 2.45) is 0 Å². The molecule has 0 unspecified atom stereocenters. The fourth-order valence-corrected chi connectivity index (χ4v) is 3.16. The second kappa shape index (κ2) is 5.16. The van der Waals surface area contributed by atoms with Crippen molar-refractivity contribution >= 4 is 27.7 Å². The lowest BCUT2D eigenvalue weighted by Crippen LogP contribution is -1.98. The molecule has 15 heavy (non-hydrogen) atoms. The van der Waals surface area contributed by atoms with E-state index in [1.165, 1.54) is 25.7 Å². The predicted octanol–water partition coefficient (Wildman–Crippen LogP) is 3.28. The van der Waals surface area contributed by atoms with Crippen LogP contribution in [0.25, 0.3) is 0 Å². The molecule has 3 nitrogen and oxygen atoms in total. The molecule has 1 aliphatic rings. The zero-order chi connectivity index (χ0) is 10.7. The van der Waals surface area contributed by atoms with Crippen LogP contribution < -0.4 is 4.74 Å². The number of halogens is 1. The van der Waals surface area contributed by atoms with E-state index in [4.69, 9.17) is 4.74 Å². The number of ether oxygens (including phenoxy) is 1. The molecule has 1 fully saturated rings. The van der Waals surface area contributed by atoms with Crippen LogP contribution in [0, 0.1) is 0 Å². The molecule has 0 radical (unpaired) electrons. The van der Waals surface area contributed by atoms with E-state index in [0.717, 1.165) is 9.63 Å². The Morgan fingerprint density at radius 2 is 2.20 bits per heavy atom. The van der Waals surface area contributed by atoms with Crippen LogP contribution in [0.1, 0.15) is 25.7 Å². The monoisotopic (exact) mass is 288 g/mol. The Labute approximate surface area is 102 Å². The Kier molecular flexibility index (Phi) is 3.86. The molecule has 1 heterocycles. The number of thioether (sulfide) groups is 1. The third-order valence-corrected chi connectivity index (χ3v) is 4.21. The van der Waals surface area contributed by atoms with E-state index >= 15 is 0 Å². The molecule has 2 rings (SSSR count). The average molecular weight is 289 g/mol. The zero-order valence-electron chi connectivity index (χ0n) is 8.57. The maximum atomic E-state index is 5.14. The highest BCUT2D eigenvalue weighted by molar-refractivity contribution is 9.10. The highest BCUT2D eigenvalue weighted by Gasteiger charge is 2.18. The number of hydrogen-bond acceptors (Lipinski definition) is 4. The Bertz CT molecular complexity index is 342. The minimum absolute atomic E-state index is 0.616. The summed E-state index contributed by atoms with van der Waals surface area (Å²) in [6, 6.07) is 0. The number of rotatable bonds is 3. The average Bonchev–Trinajstić information content (AvgIpc) is 2.73. The molecule has 1 aromatic rings. The summed E-state index contributed by atoms with van der Waals surface area (Å²) >= 11 is 5.11. The lowest BCUT2D eigenvalue weighted by Gasteiger charge is -2.08. The van der Waals surface area contributed by atoms with Crippen LogP contribution in [0.4, 0.5) is 0 Å². The van der Waals surface area contributed by atoms with Crippen LogP contribution in [-0.2, 0) is 0 Å². The predicted molar refractivity (Wildman–Crippen MR) is 64.4 cm³/mol. The molecule has 0 N–H and O–H groups in total. The highest BCUT2D eigenvalue weighted by atomic mass is 79.9. The van der Waals surface area contributed by atoms with Crippen LogP contribution in [0.5, 0.6) is 5.88 Å². The van der Waals surface area contributed by atoms with Gasteiger partial charge in [-0.15, -0.1) is 0 Å². The maximum absolute atomic E-state index is 5.14. The Balaban J connectivity index is 2.07. The summed E-state index contributed by atoms with van der Waals surface area (Å²) in [4.78, 5) is 8.61. The Morgan fingerprint density at radius 3 is 2.87 bits per heavy atom. The number of hydrogen-bond donors (Lipinski definition) is 0. The van der Waals surface area contributed by atoms with Crippen molar-refractivity contribution in [3.05, 3.63) is 10.7 Å². The SMILES string of the molecule is COc1nc(SC2CCCC2)ncc1Br. The molecule has 1 aromatic heterocycles. The van der Waals surface area contributed by atoms with E-state index in [1.807, 2.05) is 0 Å². The molecule has 0 bridgehead atoms. The van der Waals surface area contributed by atoms with Crippen LogP contribution in [0.3, 0.4) is 0 Å². The van der Waals surface area contributed by atoms with Crippen molar-refractivity contribution in [3.63, 3.8) is 0 Å². The number of aromatic nitrogens is 2. The standard InChI is InChI=1S/C10H13BrN2OS/c1-14-9-8(11)6-12-10(13-9)15-7-4-2-3-5-7/h6-7H,2-5H2,1H3. The van der Waals surface area contributed by atoms with Crippen LogP contribution in [-0.4, -0.2) is 22.3 Å². The molecule has 0 aromatic carbocycles. The molecule has 1 aliphatic carbocycles. The van der Waals surface area contributed by atoms with Gasteiger partial charge in [0.05, 0.1) is 11.6 Å². The molecular formula is C10H13BrN2OS. The molecule has 5 heteroatoms. The van der Waals surface area contributed by atoms with Gasteiger partial charge in [0.1, 0.15) is 0 Å². The molecule has 0 atom stereocenters. The fraction of sp³-hybridized carbons (Fsp3) is 0.600. The molecule has 0 spiro atoms. The number of methoxy groups -OCH3 is 1. The van der Waals surface area contributed by atoms with E-state index in [1.54, 1.807) is 25.1 Å². The van der Waals surface area contributed by atoms with Gasteiger partial charge in [-0.1, -0.05) is 24.6 Å². The third kappa shape index (κ3) is 2.84. The van der Waals surface area contributed by atoms with Gasteiger partial charge in [-0.05, 0) is 28.8 Å². The summed E-state index contributed by atoms with van der Waals surface area (Å²) in [5, 5.41) is 1.51. The van der Waals surface area contributed by atoms with Gasteiger partial charge in [-0.25, -0.2) is 4.98 Å². The molecule has 0 saturated heterocycles. The maximum Gasteiger partial charge on any atom is 0.231 e. The van der Waals surface area contributed by atoms with Gasteiger partial charge in [0, 0.05) is 11.4 Å². The van der Waals surface area contributed by atoms with E-state index in [-0.39, 0.29) is 0 Å². The minimum atomic E-state index is 0.616.